The molecule has 1 saturated heterocycles. The van der Waals surface area contributed by atoms with Crippen molar-refractivity contribution in [3.8, 4) is 17.0 Å². The molecule has 1 aliphatic heterocycles. The number of hydrogen-bond donors (Lipinski definition) is 2. The van der Waals surface area contributed by atoms with E-state index in [0.717, 1.165) is 47.4 Å². The van der Waals surface area contributed by atoms with Gasteiger partial charge in [-0.3, -0.25) is 9.59 Å². The van der Waals surface area contributed by atoms with Crippen LogP contribution in [-0.2, 0) is 22.6 Å². The summed E-state index contributed by atoms with van der Waals surface area (Å²) in [7, 11) is 0. The Morgan fingerprint density at radius 1 is 1.00 bits per heavy atom. The number of fused-ring (bicyclic) bond motifs is 1. The zero-order valence-electron chi connectivity index (χ0n) is 24.2. The average Bonchev–Trinajstić information content (AvgIpc) is 3.77. The number of nitrogens with two attached hydrogens (primary N) is 1. The van der Waals surface area contributed by atoms with Gasteiger partial charge in [0.2, 0.25) is 11.8 Å². The lowest BCUT2D eigenvalue weighted by atomic mass is 9.92. The van der Waals surface area contributed by atoms with E-state index in [0.29, 0.717) is 18.5 Å². The van der Waals surface area contributed by atoms with E-state index in [1.807, 2.05) is 60.7 Å². The number of likely N-dealkylation sites (tertiary alicyclic amines) is 1. The molecule has 0 radical (unpaired) electrons. The molecule has 43 heavy (non-hydrogen) atoms. The number of primary amides is 1. The van der Waals surface area contributed by atoms with Crippen LogP contribution in [0.1, 0.15) is 36.8 Å². The molecule has 0 spiro atoms. The summed E-state index contributed by atoms with van der Waals surface area (Å²) in [5.41, 5.74) is 8.86. The summed E-state index contributed by atoms with van der Waals surface area (Å²) in [6.07, 6.45) is 4.23. The van der Waals surface area contributed by atoms with E-state index in [9.17, 15) is 9.59 Å². The van der Waals surface area contributed by atoms with E-state index in [-0.39, 0.29) is 24.7 Å². The molecule has 2 amide bonds. The van der Waals surface area contributed by atoms with Crippen molar-refractivity contribution in [2.75, 3.05) is 26.2 Å². The summed E-state index contributed by atoms with van der Waals surface area (Å²) >= 11 is 0. The Morgan fingerprint density at radius 3 is 2.51 bits per heavy atom. The molecule has 2 atom stereocenters. The number of carbonyl (C=O) groups excluding carboxylic acids is 2. The van der Waals surface area contributed by atoms with Gasteiger partial charge in [0.1, 0.15) is 6.61 Å². The fraction of sp³-hybridized carbons (Fsp3) is 0.343. The molecule has 4 aromatic rings. The highest BCUT2D eigenvalue weighted by molar-refractivity contribution is 5.95. The van der Waals surface area contributed by atoms with Crippen LogP contribution in [0.2, 0.25) is 0 Å². The van der Waals surface area contributed by atoms with Crippen molar-refractivity contribution >= 4 is 22.7 Å². The molecule has 1 saturated carbocycles. The number of benzene rings is 3. The average molecular weight is 581 g/mol. The summed E-state index contributed by atoms with van der Waals surface area (Å²) < 4.78 is 21.3. The molecule has 0 bridgehead atoms. The number of nitrogens with zero attached hydrogens (tertiary/aromatic N) is 2. The highest BCUT2D eigenvalue weighted by atomic mass is 19.1. The van der Waals surface area contributed by atoms with E-state index in [2.05, 4.69) is 10.2 Å². The number of para-hydroxylation sites is 1. The van der Waals surface area contributed by atoms with Crippen LogP contribution in [0.3, 0.4) is 0 Å². The highest BCUT2D eigenvalue weighted by Crippen LogP contribution is 2.55. The maximum absolute atomic E-state index is 15.3. The predicted octanol–water partition coefficient (Wildman–Crippen LogP) is 5.26. The minimum Gasteiger partial charge on any atom is -0.486 e. The Bertz CT molecular complexity index is 1620. The molecule has 1 aromatic heterocycles. The standard InChI is InChI=1S/C35H37FN4O3/c36-29-19-24(21-35(22-28(35)33(37)41)34(42)38-15-18-40-16-7-2-8-17-40)13-14-32(29)43-23-26-20-31(25-9-3-1-4-10-25)39-30-12-6-5-11-27(26)30/h1,3-6,9-14,19-20,28H,2,7-8,15-18,21-23H2,(H2,37,41)(H,38,42)/t28-,35?/m1/s1. The van der Waals surface area contributed by atoms with Gasteiger partial charge in [0, 0.05) is 29.6 Å². The molecule has 222 valence electrons. The number of nitrogens with one attached hydrogen (secondary N) is 1. The van der Waals surface area contributed by atoms with Crippen LogP contribution in [0.5, 0.6) is 5.75 Å². The topological polar surface area (TPSA) is 97.5 Å². The summed E-state index contributed by atoms with van der Waals surface area (Å²) in [4.78, 5) is 32.5. The van der Waals surface area contributed by atoms with Gasteiger partial charge in [0.05, 0.1) is 22.5 Å². The number of rotatable bonds is 11. The molecule has 6 rings (SSSR count). The molecule has 2 fully saturated rings. The number of amides is 2. The van der Waals surface area contributed by atoms with Crippen LogP contribution in [0.4, 0.5) is 4.39 Å². The van der Waals surface area contributed by atoms with Gasteiger partial charge in [-0.25, -0.2) is 9.37 Å². The number of halogens is 1. The van der Waals surface area contributed by atoms with Crippen LogP contribution in [0.15, 0.2) is 78.9 Å². The number of pyridine rings is 1. The normalized spacial score (nSPS) is 20.1. The number of aromatic nitrogens is 1. The zero-order valence-corrected chi connectivity index (χ0v) is 24.2. The van der Waals surface area contributed by atoms with E-state index in [1.54, 1.807) is 12.1 Å². The molecule has 1 unspecified atom stereocenters. The molecule has 2 aliphatic rings. The summed E-state index contributed by atoms with van der Waals surface area (Å²) in [5.74, 6) is -1.64. The second-order valence-corrected chi connectivity index (χ2v) is 11.8. The molecular weight excluding hydrogens is 543 g/mol. The van der Waals surface area contributed by atoms with Gasteiger partial charge in [0.25, 0.3) is 0 Å². The van der Waals surface area contributed by atoms with Crippen molar-refractivity contribution in [3.05, 3.63) is 95.8 Å². The van der Waals surface area contributed by atoms with Gasteiger partial charge in [-0.15, -0.1) is 0 Å². The van der Waals surface area contributed by atoms with Crippen molar-refractivity contribution in [2.24, 2.45) is 17.1 Å². The van der Waals surface area contributed by atoms with E-state index in [4.69, 9.17) is 15.5 Å². The summed E-state index contributed by atoms with van der Waals surface area (Å²) in [6, 6.07) is 24.5. The van der Waals surface area contributed by atoms with Gasteiger partial charge < -0.3 is 20.7 Å². The SMILES string of the molecule is NC(=O)[C@H]1CC1(Cc1ccc(OCc2cc(-c3ccccc3)nc3ccccc23)c(F)c1)C(=O)NCCN1CCCCC1. The first-order chi connectivity index (χ1) is 20.9. The first-order valence-corrected chi connectivity index (χ1v) is 15.1. The Labute approximate surface area is 251 Å². The fourth-order valence-electron chi connectivity index (χ4n) is 6.31. The van der Waals surface area contributed by atoms with E-state index in [1.165, 1.54) is 25.3 Å². The smallest absolute Gasteiger partial charge is 0.227 e. The fourth-order valence-corrected chi connectivity index (χ4v) is 6.31. The van der Waals surface area contributed by atoms with E-state index >= 15 is 4.39 Å². The van der Waals surface area contributed by atoms with Crippen LogP contribution >= 0.6 is 0 Å². The minimum absolute atomic E-state index is 0.119. The van der Waals surface area contributed by atoms with Gasteiger partial charge >= 0.3 is 0 Å². The maximum Gasteiger partial charge on any atom is 0.227 e. The third kappa shape index (κ3) is 6.39. The zero-order chi connectivity index (χ0) is 29.8. The number of hydrogen-bond acceptors (Lipinski definition) is 5. The summed E-state index contributed by atoms with van der Waals surface area (Å²) in [6.45, 7) is 3.55. The second kappa shape index (κ2) is 12.5. The van der Waals surface area contributed by atoms with Gasteiger partial charge in [-0.2, -0.15) is 0 Å². The van der Waals surface area contributed by atoms with Gasteiger partial charge in [0.15, 0.2) is 11.6 Å². The lowest BCUT2D eigenvalue weighted by Crippen LogP contribution is -2.42. The molecule has 2 heterocycles. The molecule has 1 aliphatic carbocycles. The molecular formula is C35H37FN4O3. The Kier molecular flexibility index (Phi) is 8.38. The van der Waals surface area contributed by atoms with Crippen LogP contribution in [0.25, 0.3) is 22.2 Å². The van der Waals surface area contributed by atoms with Gasteiger partial charge in [-0.05, 0) is 68.6 Å². The first-order valence-electron chi connectivity index (χ1n) is 15.1. The molecule has 3 aromatic carbocycles. The molecule has 8 heteroatoms. The Hall–Kier alpha value is -4.30. The Morgan fingerprint density at radius 2 is 1.77 bits per heavy atom. The third-order valence-corrected chi connectivity index (χ3v) is 8.80. The van der Waals surface area contributed by atoms with Gasteiger partial charge in [-0.1, -0.05) is 61.0 Å². The lowest BCUT2D eigenvalue weighted by Gasteiger charge is -2.27. The van der Waals surface area contributed by atoms with Crippen molar-refractivity contribution in [2.45, 2.75) is 38.7 Å². The summed E-state index contributed by atoms with van der Waals surface area (Å²) in [5, 5.41) is 3.96. The third-order valence-electron chi connectivity index (χ3n) is 8.80. The lowest BCUT2D eigenvalue weighted by molar-refractivity contribution is -0.130. The highest BCUT2D eigenvalue weighted by Gasteiger charge is 2.62. The maximum atomic E-state index is 15.3. The van der Waals surface area contributed by atoms with Crippen LogP contribution in [-0.4, -0.2) is 47.9 Å². The van der Waals surface area contributed by atoms with Crippen molar-refractivity contribution < 1.29 is 18.7 Å². The molecule has 3 N–H and O–H groups in total. The van der Waals surface area contributed by atoms with Crippen LogP contribution < -0.4 is 15.8 Å². The quantitative estimate of drug-likeness (QED) is 0.252. The predicted molar refractivity (Wildman–Crippen MR) is 165 cm³/mol. The number of piperidine rings is 1. The first kappa shape index (κ1) is 28.8. The van der Waals surface area contributed by atoms with Crippen molar-refractivity contribution in [1.82, 2.24) is 15.2 Å². The molecule has 7 nitrogen and oxygen atoms in total. The minimum atomic E-state index is -0.938. The van der Waals surface area contributed by atoms with Crippen molar-refractivity contribution in [1.29, 1.82) is 0 Å². The van der Waals surface area contributed by atoms with Crippen LogP contribution in [0, 0.1) is 17.2 Å². The number of ether oxygens (including phenoxy) is 1. The van der Waals surface area contributed by atoms with Crippen molar-refractivity contribution in [3.63, 3.8) is 0 Å². The number of carbonyl (C=O) groups is 2. The Balaban J connectivity index is 1.14. The van der Waals surface area contributed by atoms with E-state index < -0.39 is 23.1 Å². The monoisotopic (exact) mass is 580 g/mol. The second-order valence-electron chi connectivity index (χ2n) is 11.8. The largest absolute Gasteiger partial charge is 0.486 e.